The maximum Gasteiger partial charge on any atom is 0.274 e. The van der Waals surface area contributed by atoms with E-state index in [0.29, 0.717) is 49.7 Å². The van der Waals surface area contributed by atoms with Gasteiger partial charge in [0, 0.05) is 41.0 Å². The summed E-state index contributed by atoms with van der Waals surface area (Å²) in [5.41, 5.74) is 4.18. The fourth-order valence-electron chi connectivity index (χ4n) is 6.26. The Bertz CT molecular complexity index is 1480. The number of para-hydroxylation sites is 2. The number of nitrogens with one attached hydrogen (secondary N) is 1. The van der Waals surface area contributed by atoms with Crippen molar-refractivity contribution in [3.63, 3.8) is 0 Å². The van der Waals surface area contributed by atoms with E-state index in [-0.39, 0.29) is 5.56 Å². The van der Waals surface area contributed by atoms with Crippen LogP contribution in [0.15, 0.2) is 59.4 Å². The summed E-state index contributed by atoms with van der Waals surface area (Å²) in [5.74, 6) is -1.60. The fourth-order valence-corrected chi connectivity index (χ4v) is 6.26. The van der Waals surface area contributed by atoms with Gasteiger partial charge < -0.3 is 24.3 Å². The van der Waals surface area contributed by atoms with Crippen molar-refractivity contribution in [2.45, 2.75) is 77.0 Å². The zero-order chi connectivity index (χ0) is 28.9. The molecule has 0 amide bonds. The van der Waals surface area contributed by atoms with E-state index in [9.17, 15) is 15.0 Å². The molecule has 2 unspecified atom stereocenters. The molecule has 5 rings (SSSR count). The molecule has 0 bridgehead atoms. The Kier molecular flexibility index (Phi) is 9.45. The monoisotopic (exact) mass is 559 g/mol. The minimum absolute atomic E-state index is 0.292. The number of hydrogen-bond acceptors (Lipinski definition) is 5. The normalized spacial score (nSPS) is 20.5. The van der Waals surface area contributed by atoms with Gasteiger partial charge in [-0.15, -0.1) is 12.2 Å². The van der Waals surface area contributed by atoms with Gasteiger partial charge in [0.2, 0.25) is 0 Å². The average Bonchev–Trinajstić information content (AvgIpc) is 3.44. The second-order valence-corrected chi connectivity index (χ2v) is 11.0. The number of benzene rings is 2. The Labute approximate surface area is 241 Å². The van der Waals surface area contributed by atoms with Crippen LogP contribution >= 0.6 is 0 Å². The van der Waals surface area contributed by atoms with Gasteiger partial charge in [-0.05, 0) is 55.4 Å². The summed E-state index contributed by atoms with van der Waals surface area (Å²) in [5, 5.41) is 32.0. The maximum atomic E-state index is 13.9. The number of hydrogen-bond donors (Lipinski definition) is 1. The van der Waals surface area contributed by atoms with Gasteiger partial charge >= 0.3 is 0 Å². The fraction of sp³-hybridized carbons (Fsp3) is 0.485. The average molecular weight is 560 g/mol. The van der Waals surface area contributed by atoms with Crippen LogP contribution in [0.5, 0.6) is 0 Å². The molecule has 220 valence electrons. The Balaban J connectivity index is 1.38. The van der Waals surface area contributed by atoms with Gasteiger partial charge in [-0.2, -0.15) is 0 Å². The standard InChI is InChI=1S/C33H41N3O5/c1-4-6-18-40-20-21-41-19-17-35-22(3)27(24-15-10-11-16-26(24)35)29-31(37)30(32(29)38)28-25(12-5-2)34-36(33(28)39)23-13-8-7-9-14-23/h7-11,13-16,29-32,34H,4-6,12,17-21H2,1-3H3/q-2. The van der Waals surface area contributed by atoms with E-state index >= 15 is 0 Å². The Morgan fingerprint density at radius 1 is 0.829 bits per heavy atom. The molecule has 4 aromatic rings. The molecule has 0 saturated heterocycles. The molecule has 2 aromatic heterocycles. The van der Waals surface area contributed by atoms with Crippen LogP contribution in [0, 0.1) is 6.92 Å². The molecule has 0 spiro atoms. The van der Waals surface area contributed by atoms with E-state index in [1.165, 1.54) is 4.68 Å². The predicted octanol–water partition coefficient (Wildman–Crippen LogP) is 3.55. The van der Waals surface area contributed by atoms with Crippen LogP contribution in [0.3, 0.4) is 0 Å². The van der Waals surface area contributed by atoms with Crippen molar-refractivity contribution >= 4 is 10.9 Å². The SMILES string of the molecule is CCCCOCCOCCn1c(C)c(C2C([O-])C(c3c(CCC)[nH]n(-c4ccccc4)c3=O)C2[O-])c2ccccc21. The lowest BCUT2D eigenvalue weighted by Crippen LogP contribution is -2.64. The highest BCUT2D eigenvalue weighted by Gasteiger charge is 2.43. The highest BCUT2D eigenvalue weighted by atomic mass is 16.5. The number of unbranched alkanes of at least 4 members (excludes halogenated alkanes) is 1. The highest BCUT2D eigenvalue weighted by Crippen LogP contribution is 2.48. The molecule has 41 heavy (non-hydrogen) atoms. The summed E-state index contributed by atoms with van der Waals surface area (Å²) in [4.78, 5) is 13.6. The first-order valence-corrected chi connectivity index (χ1v) is 14.9. The van der Waals surface area contributed by atoms with E-state index in [1.807, 2.05) is 68.4 Å². The Morgan fingerprint density at radius 2 is 1.49 bits per heavy atom. The van der Waals surface area contributed by atoms with Gasteiger partial charge in [-0.25, -0.2) is 4.68 Å². The largest absolute Gasteiger partial charge is 0.851 e. The zero-order valence-corrected chi connectivity index (χ0v) is 24.3. The zero-order valence-electron chi connectivity index (χ0n) is 24.3. The molecule has 1 aliphatic carbocycles. The Hall–Kier alpha value is -3.17. The van der Waals surface area contributed by atoms with Crippen molar-refractivity contribution in [3.05, 3.63) is 87.5 Å². The molecule has 1 aliphatic rings. The Morgan fingerprint density at radius 3 is 2.20 bits per heavy atom. The van der Waals surface area contributed by atoms with Crippen molar-refractivity contribution in [3.8, 4) is 5.69 Å². The second-order valence-electron chi connectivity index (χ2n) is 11.0. The molecular weight excluding hydrogens is 518 g/mol. The molecule has 2 heterocycles. The molecule has 1 fully saturated rings. The number of fused-ring (bicyclic) bond motifs is 1. The first-order chi connectivity index (χ1) is 20.0. The van der Waals surface area contributed by atoms with Crippen molar-refractivity contribution in [2.24, 2.45) is 0 Å². The summed E-state index contributed by atoms with van der Waals surface area (Å²) in [6.07, 6.45) is 1.16. The second kappa shape index (κ2) is 13.2. The van der Waals surface area contributed by atoms with Crippen LogP contribution in [0.4, 0.5) is 0 Å². The predicted molar refractivity (Wildman–Crippen MR) is 157 cm³/mol. The molecule has 2 aromatic carbocycles. The van der Waals surface area contributed by atoms with E-state index in [2.05, 4.69) is 16.6 Å². The summed E-state index contributed by atoms with van der Waals surface area (Å²) in [6.45, 7) is 9.12. The first-order valence-electron chi connectivity index (χ1n) is 14.9. The molecule has 2 atom stereocenters. The number of ether oxygens (including phenoxy) is 2. The molecule has 1 saturated carbocycles. The lowest BCUT2D eigenvalue weighted by molar-refractivity contribution is -0.536. The number of H-pyrrole nitrogens is 1. The minimum atomic E-state index is -1.20. The lowest BCUT2D eigenvalue weighted by atomic mass is 9.62. The van der Waals surface area contributed by atoms with Gasteiger partial charge in [-0.3, -0.25) is 9.89 Å². The van der Waals surface area contributed by atoms with E-state index < -0.39 is 24.0 Å². The summed E-state index contributed by atoms with van der Waals surface area (Å²) in [7, 11) is 0. The van der Waals surface area contributed by atoms with E-state index in [4.69, 9.17) is 9.47 Å². The molecule has 8 nitrogen and oxygen atoms in total. The van der Waals surface area contributed by atoms with Crippen LogP contribution in [0.2, 0.25) is 0 Å². The van der Waals surface area contributed by atoms with Gasteiger partial charge in [0.1, 0.15) is 0 Å². The molecule has 0 radical (unpaired) electrons. The van der Waals surface area contributed by atoms with Crippen molar-refractivity contribution in [2.75, 3.05) is 26.4 Å². The lowest BCUT2D eigenvalue weighted by Gasteiger charge is -2.61. The molecule has 8 heteroatoms. The number of nitrogens with zero attached hydrogens (tertiary/aromatic N) is 2. The quantitative estimate of drug-likeness (QED) is 0.238. The van der Waals surface area contributed by atoms with Crippen LogP contribution < -0.4 is 15.8 Å². The third-order valence-corrected chi connectivity index (χ3v) is 8.36. The number of aromatic nitrogens is 3. The van der Waals surface area contributed by atoms with Crippen molar-refractivity contribution in [1.29, 1.82) is 0 Å². The van der Waals surface area contributed by atoms with Crippen LogP contribution in [0.1, 0.15) is 67.5 Å². The third kappa shape index (κ3) is 5.66. The summed E-state index contributed by atoms with van der Waals surface area (Å²) in [6, 6.07) is 17.2. The van der Waals surface area contributed by atoms with Gasteiger partial charge in [-0.1, -0.05) is 63.1 Å². The molecule has 1 N–H and O–H groups in total. The highest BCUT2D eigenvalue weighted by molar-refractivity contribution is 5.86. The van der Waals surface area contributed by atoms with Crippen molar-refractivity contribution in [1.82, 2.24) is 14.3 Å². The summed E-state index contributed by atoms with van der Waals surface area (Å²) < 4.78 is 15.0. The number of rotatable bonds is 14. The van der Waals surface area contributed by atoms with Gasteiger partial charge in [0.05, 0.1) is 25.5 Å². The number of aryl methyl sites for hydroxylation is 1. The third-order valence-electron chi connectivity index (χ3n) is 8.36. The smallest absolute Gasteiger partial charge is 0.274 e. The summed E-state index contributed by atoms with van der Waals surface area (Å²) >= 11 is 0. The number of aromatic amines is 1. The van der Waals surface area contributed by atoms with Crippen LogP contribution in [-0.4, -0.2) is 53.0 Å². The first kappa shape index (κ1) is 29.3. The van der Waals surface area contributed by atoms with E-state index in [0.717, 1.165) is 48.0 Å². The maximum absolute atomic E-state index is 13.9. The van der Waals surface area contributed by atoms with Crippen LogP contribution in [0.25, 0.3) is 16.6 Å². The topological polar surface area (TPSA) is 107 Å². The van der Waals surface area contributed by atoms with E-state index in [1.54, 1.807) is 0 Å². The van der Waals surface area contributed by atoms with Gasteiger partial charge in [0.25, 0.3) is 5.56 Å². The van der Waals surface area contributed by atoms with Gasteiger partial charge in [0.15, 0.2) is 0 Å². The molecule has 0 aliphatic heterocycles. The molecular formula is C33H41N3O5-2. The minimum Gasteiger partial charge on any atom is -0.851 e. The van der Waals surface area contributed by atoms with Crippen LogP contribution in [-0.2, 0) is 22.4 Å². The van der Waals surface area contributed by atoms with Crippen molar-refractivity contribution < 1.29 is 19.7 Å².